The highest BCUT2D eigenvalue weighted by molar-refractivity contribution is 5.89. The summed E-state index contributed by atoms with van der Waals surface area (Å²) >= 11 is 0. The molecule has 19 heavy (non-hydrogen) atoms. The normalized spacial score (nSPS) is 18.5. The number of benzene rings is 1. The number of likely N-dealkylation sites (tertiary alicyclic amines) is 1. The number of methoxy groups -OCH3 is 1. The molecule has 1 aromatic carbocycles. The third-order valence-electron chi connectivity index (χ3n) is 3.36. The summed E-state index contributed by atoms with van der Waals surface area (Å²) in [6.45, 7) is 1.03. The number of carbonyl (C=O) groups excluding carboxylic acids is 2. The lowest BCUT2D eigenvalue weighted by atomic mass is 10.1. The Labute approximate surface area is 112 Å². The zero-order chi connectivity index (χ0) is 13.8. The number of hydrogen-bond donors (Lipinski definition) is 1. The molecule has 0 bridgehead atoms. The van der Waals surface area contributed by atoms with Gasteiger partial charge in [0.1, 0.15) is 5.75 Å². The molecule has 1 aromatic rings. The minimum Gasteiger partial charge on any atom is -0.497 e. The molecule has 0 spiro atoms. The molecule has 1 aliphatic rings. The van der Waals surface area contributed by atoms with Gasteiger partial charge in [0, 0.05) is 26.6 Å². The monoisotopic (exact) mass is 262 g/mol. The minimum absolute atomic E-state index is 0.0319. The molecule has 102 valence electrons. The van der Waals surface area contributed by atoms with E-state index in [1.54, 1.807) is 19.1 Å². The lowest BCUT2D eigenvalue weighted by Gasteiger charge is -2.16. The summed E-state index contributed by atoms with van der Waals surface area (Å²) in [4.78, 5) is 25.1. The number of amides is 2. The molecule has 1 heterocycles. The van der Waals surface area contributed by atoms with Crippen molar-refractivity contribution in [2.24, 2.45) is 5.92 Å². The molecule has 0 aliphatic carbocycles. The molecule has 1 saturated heterocycles. The topological polar surface area (TPSA) is 58.6 Å². The molecule has 0 saturated carbocycles. The van der Waals surface area contributed by atoms with Crippen LogP contribution in [0.25, 0.3) is 0 Å². The Morgan fingerprint density at radius 2 is 2.11 bits per heavy atom. The first-order valence-electron chi connectivity index (χ1n) is 6.26. The summed E-state index contributed by atoms with van der Waals surface area (Å²) in [7, 11) is 3.21. The Hall–Kier alpha value is -2.04. The SMILES string of the molecule is CNC(=O)C1CC(=O)N(Cc2ccc(OC)cc2)C1. The van der Waals surface area contributed by atoms with Crippen molar-refractivity contribution in [1.29, 1.82) is 0 Å². The van der Waals surface area contributed by atoms with Crippen molar-refractivity contribution < 1.29 is 14.3 Å². The summed E-state index contributed by atoms with van der Waals surface area (Å²) in [5.41, 5.74) is 1.03. The number of hydrogen-bond acceptors (Lipinski definition) is 3. The van der Waals surface area contributed by atoms with Crippen molar-refractivity contribution in [2.75, 3.05) is 20.7 Å². The Morgan fingerprint density at radius 3 is 2.68 bits per heavy atom. The largest absolute Gasteiger partial charge is 0.497 e. The molecule has 1 aliphatic heterocycles. The van der Waals surface area contributed by atoms with Gasteiger partial charge in [-0.15, -0.1) is 0 Å². The molecular formula is C14H18N2O3. The van der Waals surface area contributed by atoms with Crippen LogP contribution in [0.15, 0.2) is 24.3 Å². The average molecular weight is 262 g/mol. The molecule has 2 amide bonds. The van der Waals surface area contributed by atoms with Gasteiger partial charge in [0.15, 0.2) is 0 Å². The first-order chi connectivity index (χ1) is 9.13. The van der Waals surface area contributed by atoms with E-state index in [1.807, 2.05) is 24.3 Å². The third kappa shape index (κ3) is 3.05. The van der Waals surface area contributed by atoms with Crippen LogP contribution in [0.4, 0.5) is 0 Å². The zero-order valence-corrected chi connectivity index (χ0v) is 11.2. The van der Waals surface area contributed by atoms with E-state index in [9.17, 15) is 9.59 Å². The van der Waals surface area contributed by atoms with Gasteiger partial charge in [-0.05, 0) is 17.7 Å². The van der Waals surface area contributed by atoms with E-state index in [4.69, 9.17) is 4.74 Å². The summed E-state index contributed by atoms with van der Waals surface area (Å²) < 4.78 is 5.09. The summed E-state index contributed by atoms with van der Waals surface area (Å²) in [5.74, 6) is 0.533. The van der Waals surface area contributed by atoms with Gasteiger partial charge in [0.05, 0.1) is 13.0 Å². The fraction of sp³-hybridized carbons (Fsp3) is 0.429. The van der Waals surface area contributed by atoms with E-state index in [1.165, 1.54) is 0 Å². The molecule has 1 atom stereocenters. The van der Waals surface area contributed by atoms with Gasteiger partial charge in [-0.25, -0.2) is 0 Å². The van der Waals surface area contributed by atoms with Crippen molar-refractivity contribution >= 4 is 11.8 Å². The molecule has 0 aromatic heterocycles. The zero-order valence-electron chi connectivity index (χ0n) is 11.2. The van der Waals surface area contributed by atoms with E-state index in [0.29, 0.717) is 19.5 Å². The predicted octanol–water partition coefficient (Wildman–Crippen LogP) is 0.790. The number of nitrogens with one attached hydrogen (secondary N) is 1. The van der Waals surface area contributed by atoms with Crippen LogP contribution < -0.4 is 10.1 Å². The second-order valence-corrected chi connectivity index (χ2v) is 4.64. The lowest BCUT2D eigenvalue weighted by molar-refractivity contribution is -0.129. The number of rotatable bonds is 4. The van der Waals surface area contributed by atoms with Crippen LogP contribution in [0.5, 0.6) is 5.75 Å². The Morgan fingerprint density at radius 1 is 1.42 bits per heavy atom. The van der Waals surface area contributed by atoms with Crippen molar-refractivity contribution in [3.05, 3.63) is 29.8 Å². The van der Waals surface area contributed by atoms with Crippen LogP contribution in [-0.4, -0.2) is 37.4 Å². The molecule has 1 unspecified atom stereocenters. The molecule has 1 N–H and O–H groups in total. The highest BCUT2D eigenvalue weighted by atomic mass is 16.5. The predicted molar refractivity (Wildman–Crippen MR) is 70.6 cm³/mol. The van der Waals surface area contributed by atoms with Gasteiger partial charge in [0.25, 0.3) is 0 Å². The van der Waals surface area contributed by atoms with Crippen LogP contribution in [0, 0.1) is 5.92 Å². The quantitative estimate of drug-likeness (QED) is 0.872. The fourth-order valence-electron chi connectivity index (χ4n) is 2.26. The Kier molecular flexibility index (Phi) is 4.04. The molecule has 5 heteroatoms. The second kappa shape index (κ2) is 5.73. The Balaban J connectivity index is 1.99. The summed E-state index contributed by atoms with van der Waals surface area (Å²) in [6.07, 6.45) is 0.301. The van der Waals surface area contributed by atoms with Gasteiger partial charge in [-0.2, -0.15) is 0 Å². The highest BCUT2D eigenvalue weighted by Crippen LogP contribution is 2.21. The molecule has 2 rings (SSSR count). The van der Waals surface area contributed by atoms with Crippen LogP contribution >= 0.6 is 0 Å². The molecular weight excluding hydrogens is 244 g/mol. The first kappa shape index (κ1) is 13.4. The summed E-state index contributed by atoms with van der Waals surface area (Å²) in [6, 6.07) is 7.59. The van der Waals surface area contributed by atoms with Crippen molar-refractivity contribution in [3.8, 4) is 5.75 Å². The van der Waals surface area contributed by atoms with E-state index >= 15 is 0 Å². The van der Waals surface area contributed by atoms with Crippen molar-refractivity contribution in [2.45, 2.75) is 13.0 Å². The van der Waals surface area contributed by atoms with Crippen molar-refractivity contribution in [1.82, 2.24) is 10.2 Å². The second-order valence-electron chi connectivity index (χ2n) is 4.64. The number of carbonyl (C=O) groups is 2. The third-order valence-corrected chi connectivity index (χ3v) is 3.36. The lowest BCUT2D eigenvalue weighted by Crippen LogP contribution is -2.30. The maximum absolute atomic E-state index is 11.9. The van der Waals surface area contributed by atoms with Gasteiger partial charge in [-0.1, -0.05) is 12.1 Å². The van der Waals surface area contributed by atoms with Gasteiger partial charge in [-0.3, -0.25) is 9.59 Å². The first-order valence-corrected chi connectivity index (χ1v) is 6.26. The standard InChI is InChI=1S/C14H18N2O3/c1-15-14(18)11-7-13(17)16(9-11)8-10-3-5-12(19-2)6-4-10/h3-6,11H,7-9H2,1-2H3,(H,15,18). The smallest absolute Gasteiger partial charge is 0.225 e. The maximum Gasteiger partial charge on any atom is 0.225 e. The number of nitrogens with zero attached hydrogens (tertiary/aromatic N) is 1. The van der Waals surface area contributed by atoms with E-state index in [-0.39, 0.29) is 17.7 Å². The Bertz CT molecular complexity index is 470. The van der Waals surface area contributed by atoms with Crippen molar-refractivity contribution in [3.63, 3.8) is 0 Å². The van der Waals surface area contributed by atoms with Gasteiger partial charge < -0.3 is 15.0 Å². The van der Waals surface area contributed by atoms with Crippen LogP contribution in [0.3, 0.4) is 0 Å². The van der Waals surface area contributed by atoms with Crippen LogP contribution in [0.2, 0.25) is 0 Å². The van der Waals surface area contributed by atoms with Gasteiger partial charge >= 0.3 is 0 Å². The fourth-order valence-corrected chi connectivity index (χ4v) is 2.26. The van der Waals surface area contributed by atoms with Crippen LogP contribution in [-0.2, 0) is 16.1 Å². The van der Waals surface area contributed by atoms with E-state index in [0.717, 1.165) is 11.3 Å². The maximum atomic E-state index is 11.9. The van der Waals surface area contributed by atoms with Crippen LogP contribution in [0.1, 0.15) is 12.0 Å². The van der Waals surface area contributed by atoms with Gasteiger partial charge in [0.2, 0.25) is 11.8 Å². The minimum atomic E-state index is -0.226. The highest BCUT2D eigenvalue weighted by Gasteiger charge is 2.33. The molecule has 0 radical (unpaired) electrons. The number of ether oxygens (including phenoxy) is 1. The molecule has 5 nitrogen and oxygen atoms in total. The summed E-state index contributed by atoms with van der Waals surface area (Å²) in [5, 5.41) is 2.59. The van der Waals surface area contributed by atoms with E-state index in [2.05, 4.69) is 5.32 Å². The average Bonchev–Trinajstić information content (AvgIpc) is 2.80. The molecule has 1 fully saturated rings. The van der Waals surface area contributed by atoms with E-state index < -0.39 is 0 Å².